The summed E-state index contributed by atoms with van der Waals surface area (Å²) in [4.78, 5) is 14.0. The van der Waals surface area contributed by atoms with Crippen molar-refractivity contribution in [3.05, 3.63) is 34.9 Å². The summed E-state index contributed by atoms with van der Waals surface area (Å²) in [6.45, 7) is 3.99. The molecule has 1 aromatic rings. The molecule has 0 unspecified atom stereocenters. The molecule has 1 rings (SSSR count). The van der Waals surface area contributed by atoms with Gasteiger partial charge in [-0.3, -0.25) is 4.79 Å². The minimum Gasteiger partial charge on any atom is -0.339 e. The van der Waals surface area contributed by atoms with Crippen molar-refractivity contribution in [1.29, 1.82) is 0 Å². The van der Waals surface area contributed by atoms with Crippen LogP contribution < -0.4 is 5.73 Å². The zero-order valence-corrected chi connectivity index (χ0v) is 12.3. The molecule has 1 aromatic carbocycles. The lowest BCUT2D eigenvalue weighted by Gasteiger charge is -2.21. The highest BCUT2D eigenvalue weighted by molar-refractivity contribution is 6.31. The van der Waals surface area contributed by atoms with E-state index < -0.39 is 0 Å². The third-order valence-corrected chi connectivity index (χ3v) is 3.52. The Balaban J connectivity index is 2.48. The molecular formula is C15H23ClN2O. The second-order valence-corrected chi connectivity index (χ2v) is 5.01. The number of rotatable bonds is 8. The molecule has 0 aliphatic carbocycles. The van der Waals surface area contributed by atoms with Gasteiger partial charge in [0.1, 0.15) is 0 Å². The molecule has 0 aliphatic heterocycles. The number of amides is 1. The van der Waals surface area contributed by atoms with Crippen molar-refractivity contribution in [2.45, 2.75) is 39.2 Å². The van der Waals surface area contributed by atoms with Crippen LogP contribution in [-0.4, -0.2) is 23.9 Å². The van der Waals surface area contributed by atoms with Gasteiger partial charge < -0.3 is 10.6 Å². The van der Waals surface area contributed by atoms with Gasteiger partial charge in [-0.15, -0.1) is 0 Å². The average Bonchev–Trinajstić information content (AvgIpc) is 2.42. The lowest BCUT2D eigenvalue weighted by atomic mass is 10.1. The predicted molar refractivity (Wildman–Crippen MR) is 80.1 cm³/mol. The van der Waals surface area contributed by atoms with Crippen molar-refractivity contribution in [3.8, 4) is 0 Å². The molecule has 0 bridgehead atoms. The Bertz CT molecular complexity index is 395. The fourth-order valence-electron chi connectivity index (χ4n) is 1.96. The molecule has 0 fully saturated rings. The van der Waals surface area contributed by atoms with E-state index in [4.69, 9.17) is 17.3 Å². The van der Waals surface area contributed by atoms with E-state index in [9.17, 15) is 4.79 Å². The highest BCUT2D eigenvalue weighted by Gasteiger charge is 2.12. The molecular weight excluding hydrogens is 260 g/mol. The fourth-order valence-corrected chi connectivity index (χ4v) is 2.16. The van der Waals surface area contributed by atoms with Gasteiger partial charge in [0.25, 0.3) is 0 Å². The Hall–Kier alpha value is -1.06. The van der Waals surface area contributed by atoms with E-state index in [0.29, 0.717) is 26.1 Å². The van der Waals surface area contributed by atoms with Crippen LogP contribution in [0.3, 0.4) is 0 Å². The summed E-state index contributed by atoms with van der Waals surface area (Å²) in [7, 11) is 0. The third-order valence-electron chi connectivity index (χ3n) is 3.15. The second-order valence-electron chi connectivity index (χ2n) is 4.60. The van der Waals surface area contributed by atoms with E-state index in [1.54, 1.807) is 0 Å². The van der Waals surface area contributed by atoms with Crippen molar-refractivity contribution >= 4 is 17.5 Å². The minimum absolute atomic E-state index is 0.194. The molecule has 106 valence electrons. The summed E-state index contributed by atoms with van der Waals surface area (Å²) in [5, 5.41) is 0.719. The van der Waals surface area contributed by atoms with E-state index >= 15 is 0 Å². The molecule has 0 aromatic heterocycles. The van der Waals surface area contributed by atoms with Gasteiger partial charge in [0.15, 0.2) is 0 Å². The first-order chi connectivity index (χ1) is 9.19. The number of benzene rings is 1. The summed E-state index contributed by atoms with van der Waals surface area (Å²) in [6.07, 6.45) is 3.52. The fraction of sp³-hybridized carbons (Fsp3) is 0.533. The molecule has 0 atom stereocenters. The number of hydrogen-bond acceptors (Lipinski definition) is 2. The Labute approximate surface area is 120 Å². The molecule has 0 aliphatic rings. The molecule has 0 spiro atoms. The quantitative estimate of drug-likeness (QED) is 0.744. The van der Waals surface area contributed by atoms with Gasteiger partial charge in [0, 0.05) is 24.5 Å². The van der Waals surface area contributed by atoms with Crippen LogP contribution in [0, 0.1) is 0 Å². The number of hydrogen-bond donors (Lipinski definition) is 1. The molecule has 0 saturated heterocycles. The first kappa shape index (κ1) is 16.0. The van der Waals surface area contributed by atoms with Crippen LogP contribution in [0.4, 0.5) is 0 Å². The zero-order valence-electron chi connectivity index (χ0n) is 11.6. The predicted octanol–water partition coefficient (Wildman–Crippen LogP) is 3.21. The van der Waals surface area contributed by atoms with Crippen molar-refractivity contribution in [2.75, 3.05) is 13.1 Å². The molecule has 0 saturated carbocycles. The van der Waals surface area contributed by atoms with Gasteiger partial charge in [0.2, 0.25) is 5.91 Å². The van der Waals surface area contributed by atoms with Crippen LogP contribution in [-0.2, 0) is 11.3 Å². The molecule has 19 heavy (non-hydrogen) atoms. The maximum absolute atomic E-state index is 12.1. The van der Waals surface area contributed by atoms with Crippen molar-refractivity contribution in [2.24, 2.45) is 5.73 Å². The van der Waals surface area contributed by atoms with Gasteiger partial charge in [-0.1, -0.05) is 36.2 Å². The lowest BCUT2D eigenvalue weighted by Crippen LogP contribution is -2.30. The van der Waals surface area contributed by atoms with Crippen LogP contribution in [0.2, 0.25) is 5.02 Å². The normalized spacial score (nSPS) is 10.5. The maximum atomic E-state index is 12.1. The SMILES string of the molecule is CCN(Cc1ccccc1Cl)C(=O)CCCCCN. The summed E-state index contributed by atoms with van der Waals surface area (Å²) in [5.41, 5.74) is 6.44. The average molecular weight is 283 g/mol. The number of nitrogens with zero attached hydrogens (tertiary/aromatic N) is 1. The monoisotopic (exact) mass is 282 g/mol. The number of nitrogens with two attached hydrogens (primary N) is 1. The summed E-state index contributed by atoms with van der Waals surface area (Å²) >= 11 is 6.12. The number of carbonyl (C=O) groups is 1. The topological polar surface area (TPSA) is 46.3 Å². The number of halogens is 1. The van der Waals surface area contributed by atoms with Gasteiger partial charge in [-0.2, -0.15) is 0 Å². The van der Waals surface area contributed by atoms with Crippen molar-refractivity contribution in [3.63, 3.8) is 0 Å². The molecule has 0 radical (unpaired) electrons. The highest BCUT2D eigenvalue weighted by atomic mass is 35.5. The Morgan fingerprint density at radius 3 is 2.63 bits per heavy atom. The number of unbranched alkanes of at least 4 members (excludes halogenated alkanes) is 2. The largest absolute Gasteiger partial charge is 0.339 e. The van der Waals surface area contributed by atoms with E-state index in [1.165, 1.54) is 0 Å². The molecule has 4 heteroatoms. The minimum atomic E-state index is 0.194. The summed E-state index contributed by atoms with van der Waals surface area (Å²) < 4.78 is 0. The Morgan fingerprint density at radius 1 is 1.26 bits per heavy atom. The lowest BCUT2D eigenvalue weighted by molar-refractivity contribution is -0.131. The van der Waals surface area contributed by atoms with Crippen LogP contribution in [0.1, 0.15) is 38.2 Å². The Kier molecular flexibility index (Phi) is 7.53. The summed E-state index contributed by atoms with van der Waals surface area (Å²) in [6, 6.07) is 7.67. The number of carbonyl (C=O) groups excluding carboxylic acids is 1. The maximum Gasteiger partial charge on any atom is 0.222 e. The van der Waals surface area contributed by atoms with Crippen LogP contribution in [0.25, 0.3) is 0 Å². The van der Waals surface area contributed by atoms with Gasteiger partial charge in [-0.05, 0) is 37.9 Å². The molecule has 3 nitrogen and oxygen atoms in total. The van der Waals surface area contributed by atoms with E-state index in [2.05, 4.69) is 0 Å². The van der Waals surface area contributed by atoms with Crippen LogP contribution in [0.15, 0.2) is 24.3 Å². The standard InChI is InChI=1S/C15H23ClN2O/c1-2-18(15(19)10-4-3-7-11-17)12-13-8-5-6-9-14(13)16/h5-6,8-9H,2-4,7,10-12,17H2,1H3. The molecule has 1 amide bonds. The van der Waals surface area contributed by atoms with Gasteiger partial charge in [0.05, 0.1) is 0 Å². The van der Waals surface area contributed by atoms with Crippen molar-refractivity contribution < 1.29 is 4.79 Å². The third kappa shape index (κ3) is 5.62. The van der Waals surface area contributed by atoms with Crippen molar-refractivity contribution in [1.82, 2.24) is 4.90 Å². The van der Waals surface area contributed by atoms with E-state index in [-0.39, 0.29) is 5.91 Å². The first-order valence-corrected chi connectivity index (χ1v) is 7.28. The van der Waals surface area contributed by atoms with Gasteiger partial charge in [-0.25, -0.2) is 0 Å². The Morgan fingerprint density at radius 2 is 2.00 bits per heavy atom. The smallest absolute Gasteiger partial charge is 0.222 e. The van der Waals surface area contributed by atoms with E-state index in [0.717, 1.165) is 29.8 Å². The zero-order chi connectivity index (χ0) is 14.1. The first-order valence-electron chi connectivity index (χ1n) is 6.90. The van der Waals surface area contributed by atoms with Crippen LogP contribution in [0.5, 0.6) is 0 Å². The molecule has 2 N–H and O–H groups in total. The second kappa shape index (κ2) is 8.94. The summed E-state index contributed by atoms with van der Waals surface area (Å²) in [5.74, 6) is 0.194. The van der Waals surface area contributed by atoms with E-state index in [1.807, 2.05) is 36.1 Å². The van der Waals surface area contributed by atoms with Crippen LogP contribution >= 0.6 is 11.6 Å². The highest BCUT2D eigenvalue weighted by Crippen LogP contribution is 2.17. The molecule has 0 heterocycles. The van der Waals surface area contributed by atoms with Gasteiger partial charge >= 0.3 is 0 Å².